The van der Waals surface area contributed by atoms with Gasteiger partial charge in [-0.15, -0.1) is 0 Å². The van der Waals surface area contributed by atoms with E-state index in [9.17, 15) is 0 Å². The van der Waals surface area contributed by atoms with Gasteiger partial charge in [-0.2, -0.15) is 0 Å². The standard InChI is InChI=1S/C15H21ClN2O/c1-4-19-13(11-5-7-12(16)8-6-11)14-17-9-15(2,3)10-18-14/h5-8,13H,4,9-10H2,1-3H3,(H,17,18)/t13-/m0/s1. The van der Waals surface area contributed by atoms with Crippen LogP contribution in [0.5, 0.6) is 0 Å². The first-order valence-corrected chi connectivity index (χ1v) is 7.05. The predicted molar refractivity (Wildman–Crippen MR) is 79.9 cm³/mol. The second kappa shape index (κ2) is 5.93. The van der Waals surface area contributed by atoms with Gasteiger partial charge in [-0.3, -0.25) is 4.99 Å². The molecule has 0 fully saturated rings. The van der Waals surface area contributed by atoms with E-state index in [1.54, 1.807) is 0 Å². The largest absolute Gasteiger partial charge is 0.371 e. The molecule has 0 aromatic heterocycles. The second-order valence-electron chi connectivity index (χ2n) is 5.61. The van der Waals surface area contributed by atoms with Gasteiger partial charge in [-0.25, -0.2) is 0 Å². The highest BCUT2D eigenvalue weighted by molar-refractivity contribution is 6.30. The number of nitrogens with one attached hydrogen (secondary N) is 1. The molecule has 1 aliphatic heterocycles. The van der Waals surface area contributed by atoms with Crippen LogP contribution >= 0.6 is 11.6 Å². The summed E-state index contributed by atoms with van der Waals surface area (Å²) < 4.78 is 5.84. The van der Waals surface area contributed by atoms with Crippen LogP contribution in [0.25, 0.3) is 0 Å². The Kier molecular flexibility index (Phi) is 4.48. The zero-order valence-electron chi connectivity index (χ0n) is 11.7. The average molecular weight is 281 g/mol. The summed E-state index contributed by atoms with van der Waals surface area (Å²) in [5.74, 6) is 0.920. The monoisotopic (exact) mass is 280 g/mol. The summed E-state index contributed by atoms with van der Waals surface area (Å²) >= 11 is 5.93. The van der Waals surface area contributed by atoms with Crippen molar-refractivity contribution in [3.63, 3.8) is 0 Å². The van der Waals surface area contributed by atoms with Crippen LogP contribution in [0.15, 0.2) is 29.3 Å². The summed E-state index contributed by atoms with van der Waals surface area (Å²) in [5.41, 5.74) is 1.29. The summed E-state index contributed by atoms with van der Waals surface area (Å²) in [6, 6.07) is 7.76. The number of hydrogen-bond donors (Lipinski definition) is 1. The number of rotatable bonds is 4. The number of benzene rings is 1. The molecule has 0 aliphatic carbocycles. The molecule has 0 saturated heterocycles. The molecule has 1 aliphatic rings. The van der Waals surface area contributed by atoms with Crippen molar-refractivity contribution in [1.82, 2.24) is 5.32 Å². The lowest BCUT2D eigenvalue weighted by Gasteiger charge is -2.32. The van der Waals surface area contributed by atoms with Crippen molar-refractivity contribution in [3.8, 4) is 0 Å². The molecular weight excluding hydrogens is 260 g/mol. The van der Waals surface area contributed by atoms with Gasteiger partial charge in [0.25, 0.3) is 0 Å². The van der Waals surface area contributed by atoms with Crippen LogP contribution in [0.1, 0.15) is 32.4 Å². The number of aliphatic imine (C=N–C) groups is 1. The lowest BCUT2D eigenvalue weighted by atomic mass is 9.92. The summed E-state index contributed by atoms with van der Waals surface area (Å²) in [5, 5.41) is 4.13. The number of hydrogen-bond acceptors (Lipinski definition) is 3. The molecule has 2 rings (SSSR count). The quantitative estimate of drug-likeness (QED) is 0.916. The van der Waals surface area contributed by atoms with E-state index in [1.807, 2.05) is 31.2 Å². The Morgan fingerprint density at radius 2 is 2.05 bits per heavy atom. The van der Waals surface area contributed by atoms with E-state index >= 15 is 0 Å². The molecule has 1 heterocycles. The van der Waals surface area contributed by atoms with Crippen molar-refractivity contribution in [2.24, 2.45) is 10.4 Å². The third kappa shape index (κ3) is 3.71. The van der Waals surface area contributed by atoms with Gasteiger partial charge < -0.3 is 10.1 Å². The van der Waals surface area contributed by atoms with Crippen LogP contribution in [0.3, 0.4) is 0 Å². The molecule has 1 aromatic rings. The lowest BCUT2D eigenvalue weighted by molar-refractivity contribution is 0.105. The Morgan fingerprint density at radius 1 is 1.37 bits per heavy atom. The van der Waals surface area contributed by atoms with Crippen molar-refractivity contribution >= 4 is 17.4 Å². The Morgan fingerprint density at radius 3 is 2.58 bits per heavy atom. The van der Waals surface area contributed by atoms with Crippen molar-refractivity contribution in [3.05, 3.63) is 34.9 Å². The molecule has 0 spiro atoms. The molecule has 0 amide bonds. The molecule has 19 heavy (non-hydrogen) atoms. The minimum atomic E-state index is -0.127. The first kappa shape index (κ1) is 14.4. The molecule has 1 atom stereocenters. The highest BCUT2D eigenvalue weighted by Crippen LogP contribution is 2.25. The Hall–Kier alpha value is -1.06. The van der Waals surface area contributed by atoms with E-state index in [2.05, 4.69) is 24.2 Å². The molecule has 4 heteroatoms. The third-order valence-corrected chi connectivity index (χ3v) is 3.43. The highest BCUT2D eigenvalue weighted by atomic mass is 35.5. The first-order chi connectivity index (χ1) is 9.02. The van der Waals surface area contributed by atoms with Crippen molar-refractivity contribution < 1.29 is 4.74 Å². The Labute approximate surface area is 120 Å². The third-order valence-electron chi connectivity index (χ3n) is 3.18. The molecule has 1 aromatic carbocycles. The van der Waals surface area contributed by atoms with Crippen LogP contribution in [-0.4, -0.2) is 25.5 Å². The molecule has 0 unspecified atom stereocenters. The number of nitrogens with zero attached hydrogens (tertiary/aromatic N) is 1. The van der Waals surface area contributed by atoms with Gasteiger partial charge in [0.15, 0.2) is 0 Å². The Balaban J connectivity index is 2.21. The zero-order chi connectivity index (χ0) is 13.9. The maximum Gasteiger partial charge on any atom is 0.139 e. The summed E-state index contributed by atoms with van der Waals surface area (Å²) in [4.78, 5) is 4.65. The number of halogens is 1. The SMILES string of the molecule is CCO[C@H](C1=NCC(C)(C)CN1)c1ccc(Cl)cc1. The van der Waals surface area contributed by atoms with Crippen LogP contribution in [0.2, 0.25) is 5.02 Å². The van der Waals surface area contributed by atoms with E-state index in [4.69, 9.17) is 16.3 Å². The topological polar surface area (TPSA) is 33.6 Å². The minimum absolute atomic E-state index is 0.127. The van der Waals surface area contributed by atoms with Crippen LogP contribution < -0.4 is 5.32 Å². The maximum absolute atomic E-state index is 5.93. The fraction of sp³-hybridized carbons (Fsp3) is 0.533. The van der Waals surface area contributed by atoms with Gasteiger partial charge in [0, 0.05) is 30.1 Å². The van der Waals surface area contributed by atoms with Crippen LogP contribution in [-0.2, 0) is 4.74 Å². The fourth-order valence-electron chi connectivity index (χ4n) is 2.05. The van der Waals surface area contributed by atoms with Gasteiger partial charge in [0.1, 0.15) is 11.9 Å². The van der Waals surface area contributed by atoms with Gasteiger partial charge >= 0.3 is 0 Å². The van der Waals surface area contributed by atoms with Crippen LogP contribution in [0.4, 0.5) is 0 Å². The van der Waals surface area contributed by atoms with E-state index in [0.29, 0.717) is 6.61 Å². The summed E-state index contributed by atoms with van der Waals surface area (Å²) in [7, 11) is 0. The molecule has 0 radical (unpaired) electrons. The van der Waals surface area contributed by atoms with Crippen molar-refractivity contribution in [2.45, 2.75) is 26.9 Å². The molecule has 0 bridgehead atoms. The summed E-state index contributed by atoms with van der Waals surface area (Å²) in [6.07, 6.45) is -0.127. The van der Waals surface area contributed by atoms with Gasteiger partial charge in [0.05, 0.1) is 0 Å². The Bertz CT molecular complexity index is 454. The normalized spacial score (nSPS) is 19.5. The van der Waals surface area contributed by atoms with Gasteiger partial charge in [-0.05, 0) is 24.6 Å². The van der Waals surface area contributed by atoms with E-state index < -0.39 is 0 Å². The molecule has 1 N–H and O–H groups in total. The van der Waals surface area contributed by atoms with Crippen LogP contribution in [0, 0.1) is 5.41 Å². The smallest absolute Gasteiger partial charge is 0.139 e. The maximum atomic E-state index is 5.93. The van der Waals surface area contributed by atoms with Crippen molar-refractivity contribution in [1.29, 1.82) is 0 Å². The molecular formula is C15H21ClN2O. The van der Waals surface area contributed by atoms with E-state index in [-0.39, 0.29) is 11.5 Å². The zero-order valence-corrected chi connectivity index (χ0v) is 12.5. The minimum Gasteiger partial charge on any atom is -0.371 e. The van der Waals surface area contributed by atoms with E-state index in [0.717, 1.165) is 29.5 Å². The molecule has 104 valence electrons. The second-order valence-corrected chi connectivity index (χ2v) is 6.04. The lowest BCUT2D eigenvalue weighted by Crippen LogP contribution is -2.43. The van der Waals surface area contributed by atoms with Crippen molar-refractivity contribution in [2.75, 3.05) is 19.7 Å². The number of amidine groups is 1. The first-order valence-electron chi connectivity index (χ1n) is 6.67. The fourth-order valence-corrected chi connectivity index (χ4v) is 2.18. The van der Waals surface area contributed by atoms with Gasteiger partial charge in [-0.1, -0.05) is 37.6 Å². The summed E-state index contributed by atoms with van der Waals surface area (Å²) in [6.45, 7) is 8.81. The van der Waals surface area contributed by atoms with E-state index in [1.165, 1.54) is 0 Å². The van der Waals surface area contributed by atoms with Gasteiger partial charge in [0.2, 0.25) is 0 Å². The number of ether oxygens (including phenoxy) is 1. The predicted octanol–water partition coefficient (Wildman–Crippen LogP) is 3.45. The average Bonchev–Trinajstić information content (AvgIpc) is 2.38. The molecule has 0 saturated carbocycles. The molecule has 3 nitrogen and oxygen atoms in total. The highest BCUT2D eigenvalue weighted by Gasteiger charge is 2.27.